The van der Waals surface area contributed by atoms with E-state index in [9.17, 15) is 4.79 Å². The summed E-state index contributed by atoms with van der Waals surface area (Å²) in [6.45, 7) is 5.73. The van der Waals surface area contributed by atoms with Gasteiger partial charge in [-0.1, -0.05) is 18.1 Å². The summed E-state index contributed by atoms with van der Waals surface area (Å²) in [6, 6.07) is 5.67. The smallest absolute Gasteiger partial charge is 0.261 e. The average Bonchev–Trinajstić information content (AvgIpc) is 2.37. The van der Waals surface area contributed by atoms with Crippen molar-refractivity contribution in [1.82, 2.24) is 5.32 Å². The fourth-order valence-electron chi connectivity index (χ4n) is 1.61. The molecule has 4 heteroatoms. The normalized spacial score (nSPS) is 13.2. The fourth-order valence-corrected chi connectivity index (χ4v) is 1.61. The predicted molar refractivity (Wildman–Crippen MR) is 75.7 cm³/mol. The van der Waals surface area contributed by atoms with Crippen LogP contribution < -0.4 is 15.8 Å². The minimum Gasteiger partial charge on any atom is -0.481 e. The minimum atomic E-state index is -0.590. The van der Waals surface area contributed by atoms with Crippen molar-refractivity contribution in [3.63, 3.8) is 0 Å². The first-order valence-corrected chi connectivity index (χ1v) is 6.19. The molecular formula is C15H20N2O2. The SMILES string of the molecule is C#CCNC(=O)C(C)Oc1ccc(C(C)N)cc1C. The van der Waals surface area contributed by atoms with Crippen molar-refractivity contribution in [1.29, 1.82) is 0 Å². The van der Waals surface area contributed by atoms with Crippen molar-refractivity contribution in [2.75, 3.05) is 6.54 Å². The first-order chi connectivity index (χ1) is 8.95. The third kappa shape index (κ3) is 4.31. The molecule has 2 unspecified atom stereocenters. The maximum atomic E-state index is 11.6. The third-order valence-corrected chi connectivity index (χ3v) is 2.76. The van der Waals surface area contributed by atoms with Crippen LogP contribution in [0.3, 0.4) is 0 Å². The first-order valence-electron chi connectivity index (χ1n) is 6.19. The zero-order valence-electron chi connectivity index (χ0n) is 11.6. The van der Waals surface area contributed by atoms with Crippen molar-refractivity contribution in [3.05, 3.63) is 29.3 Å². The highest BCUT2D eigenvalue weighted by Gasteiger charge is 2.15. The lowest BCUT2D eigenvalue weighted by Crippen LogP contribution is -2.36. The minimum absolute atomic E-state index is 0.0240. The maximum Gasteiger partial charge on any atom is 0.261 e. The number of amides is 1. The van der Waals surface area contributed by atoms with E-state index >= 15 is 0 Å². The molecular weight excluding hydrogens is 240 g/mol. The molecule has 1 amide bonds. The van der Waals surface area contributed by atoms with Gasteiger partial charge in [0.1, 0.15) is 5.75 Å². The van der Waals surface area contributed by atoms with Gasteiger partial charge in [-0.05, 0) is 38.0 Å². The second-order valence-electron chi connectivity index (χ2n) is 4.50. The number of carbonyl (C=O) groups is 1. The van der Waals surface area contributed by atoms with Crippen LogP contribution in [-0.4, -0.2) is 18.6 Å². The highest BCUT2D eigenvalue weighted by atomic mass is 16.5. The zero-order chi connectivity index (χ0) is 14.4. The van der Waals surface area contributed by atoms with Gasteiger partial charge in [0.15, 0.2) is 6.10 Å². The third-order valence-electron chi connectivity index (χ3n) is 2.76. The summed E-state index contributed by atoms with van der Waals surface area (Å²) < 4.78 is 5.62. The van der Waals surface area contributed by atoms with Crippen molar-refractivity contribution in [2.45, 2.75) is 32.9 Å². The van der Waals surface area contributed by atoms with Gasteiger partial charge in [-0.3, -0.25) is 4.79 Å². The van der Waals surface area contributed by atoms with Crippen LogP contribution in [0.15, 0.2) is 18.2 Å². The van der Waals surface area contributed by atoms with Gasteiger partial charge >= 0.3 is 0 Å². The molecule has 0 aliphatic rings. The molecule has 1 aromatic carbocycles. The van der Waals surface area contributed by atoms with Gasteiger partial charge in [0.05, 0.1) is 6.54 Å². The molecule has 102 valence electrons. The monoisotopic (exact) mass is 260 g/mol. The fraction of sp³-hybridized carbons (Fsp3) is 0.400. The van der Waals surface area contributed by atoms with Crippen LogP contribution >= 0.6 is 0 Å². The Morgan fingerprint density at radius 2 is 2.21 bits per heavy atom. The second kappa shape index (κ2) is 6.81. The number of nitrogens with two attached hydrogens (primary N) is 1. The molecule has 1 aromatic rings. The second-order valence-corrected chi connectivity index (χ2v) is 4.50. The van der Waals surface area contributed by atoms with Gasteiger partial charge in [-0.25, -0.2) is 0 Å². The van der Waals surface area contributed by atoms with E-state index in [0.717, 1.165) is 11.1 Å². The summed E-state index contributed by atoms with van der Waals surface area (Å²) >= 11 is 0. The van der Waals surface area contributed by atoms with Crippen molar-refractivity contribution in [3.8, 4) is 18.1 Å². The Labute approximate surface area is 114 Å². The lowest BCUT2D eigenvalue weighted by molar-refractivity contribution is -0.127. The van der Waals surface area contributed by atoms with Crippen LogP contribution in [0.4, 0.5) is 0 Å². The van der Waals surface area contributed by atoms with Gasteiger partial charge in [-0.15, -0.1) is 6.42 Å². The Morgan fingerprint density at radius 3 is 2.74 bits per heavy atom. The Hall–Kier alpha value is -1.99. The van der Waals surface area contributed by atoms with Crippen molar-refractivity contribution in [2.24, 2.45) is 5.73 Å². The molecule has 0 fully saturated rings. The number of nitrogens with one attached hydrogen (secondary N) is 1. The predicted octanol–water partition coefficient (Wildman–Crippen LogP) is 1.53. The average molecular weight is 260 g/mol. The largest absolute Gasteiger partial charge is 0.481 e. The molecule has 0 aliphatic heterocycles. The Bertz CT molecular complexity index is 489. The summed E-state index contributed by atoms with van der Waals surface area (Å²) in [6.07, 6.45) is 4.49. The van der Waals surface area contributed by atoms with Crippen LogP contribution in [0.2, 0.25) is 0 Å². The highest BCUT2D eigenvalue weighted by Crippen LogP contribution is 2.22. The van der Waals surface area contributed by atoms with Gasteiger partial charge in [0.25, 0.3) is 5.91 Å². The quantitative estimate of drug-likeness (QED) is 0.789. The van der Waals surface area contributed by atoms with Gasteiger partial charge in [-0.2, -0.15) is 0 Å². The first kappa shape index (κ1) is 15.1. The highest BCUT2D eigenvalue weighted by molar-refractivity contribution is 5.80. The Balaban J connectivity index is 2.72. The summed E-state index contributed by atoms with van der Waals surface area (Å²) in [7, 11) is 0. The lowest BCUT2D eigenvalue weighted by atomic mass is 10.1. The standard InChI is InChI=1S/C15H20N2O2/c1-5-8-17-15(18)12(4)19-14-7-6-13(11(3)16)9-10(14)2/h1,6-7,9,11-12H,8,16H2,2-4H3,(H,17,18). The van der Waals surface area contributed by atoms with E-state index < -0.39 is 6.10 Å². The van der Waals surface area contributed by atoms with E-state index in [4.69, 9.17) is 16.9 Å². The summed E-state index contributed by atoms with van der Waals surface area (Å²) in [5, 5.41) is 2.58. The van der Waals surface area contributed by atoms with E-state index in [1.807, 2.05) is 32.0 Å². The molecule has 0 saturated carbocycles. The van der Waals surface area contributed by atoms with E-state index in [1.54, 1.807) is 6.92 Å². The molecule has 1 rings (SSSR count). The Kier molecular flexibility index (Phi) is 5.40. The summed E-state index contributed by atoms with van der Waals surface area (Å²) in [5.74, 6) is 2.79. The number of terminal acetylenes is 1. The van der Waals surface area contributed by atoms with Crippen LogP contribution in [0.25, 0.3) is 0 Å². The van der Waals surface area contributed by atoms with Crippen LogP contribution in [-0.2, 0) is 4.79 Å². The topological polar surface area (TPSA) is 64.3 Å². The van der Waals surface area contributed by atoms with Crippen LogP contribution in [0, 0.1) is 19.3 Å². The zero-order valence-corrected chi connectivity index (χ0v) is 11.6. The molecule has 2 atom stereocenters. The molecule has 0 heterocycles. The molecule has 3 N–H and O–H groups in total. The van der Waals surface area contributed by atoms with E-state index in [-0.39, 0.29) is 18.5 Å². The van der Waals surface area contributed by atoms with Crippen LogP contribution in [0.5, 0.6) is 5.75 Å². The number of hydrogen-bond donors (Lipinski definition) is 2. The van der Waals surface area contributed by atoms with Gasteiger partial charge < -0.3 is 15.8 Å². The van der Waals surface area contributed by atoms with Crippen molar-refractivity contribution < 1.29 is 9.53 Å². The summed E-state index contributed by atoms with van der Waals surface area (Å²) in [5.41, 5.74) is 7.80. The number of benzene rings is 1. The molecule has 19 heavy (non-hydrogen) atoms. The van der Waals surface area contributed by atoms with E-state index in [0.29, 0.717) is 5.75 Å². The molecule has 0 radical (unpaired) electrons. The number of aryl methyl sites for hydroxylation is 1. The molecule has 4 nitrogen and oxygen atoms in total. The molecule has 0 aromatic heterocycles. The molecule has 0 aliphatic carbocycles. The Morgan fingerprint density at radius 1 is 1.53 bits per heavy atom. The van der Waals surface area contributed by atoms with Crippen molar-refractivity contribution >= 4 is 5.91 Å². The number of hydrogen-bond acceptors (Lipinski definition) is 3. The van der Waals surface area contributed by atoms with Gasteiger partial charge in [0, 0.05) is 6.04 Å². The maximum absolute atomic E-state index is 11.6. The number of rotatable bonds is 5. The van der Waals surface area contributed by atoms with E-state index in [1.165, 1.54) is 0 Å². The van der Waals surface area contributed by atoms with E-state index in [2.05, 4.69) is 11.2 Å². The molecule has 0 spiro atoms. The summed E-state index contributed by atoms with van der Waals surface area (Å²) in [4.78, 5) is 11.6. The number of carbonyl (C=O) groups excluding carboxylic acids is 1. The lowest BCUT2D eigenvalue weighted by Gasteiger charge is -2.17. The van der Waals surface area contributed by atoms with Crippen LogP contribution in [0.1, 0.15) is 31.0 Å². The number of ether oxygens (including phenoxy) is 1. The van der Waals surface area contributed by atoms with Gasteiger partial charge in [0.2, 0.25) is 0 Å². The molecule has 0 bridgehead atoms. The molecule has 0 saturated heterocycles.